The van der Waals surface area contributed by atoms with Crippen LogP contribution in [0.15, 0.2) is 0 Å². The Hall–Kier alpha value is -2.45. The van der Waals surface area contributed by atoms with Gasteiger partial charge in [0.2, 0.25) is 23.7 Å². The van der Waals surface area contributed by atoms with Crippen LogP contribution in [-0.2, 0) is 9.59 Å². The largest absolute Gasteiger partial charge is 0.467 e. The molecule has 0 saturated carbocycles. The summed E-state index contributed by atoms with van der Waals surface area (Å²) < 4.78 is 4.83. The Morgan fingerprint density at radius 2 is 1.88 bits per heavy atom. The number of nitrogens with two attached hydrogens (primary N) is 1. The van der Waals surface area contributed by atoms with Crippen molar-refractivity contribution >= 4 is 23.7 Å². The summed E-state index contributed by atoms with van der Waals surface area (Å²) >= 11 is 0. The van der Waals surface area contributed by atoms with Gasteiger partial charge in [0.1, 0.15) is 13.1 Å². The quantitative estimate of drug-likeness (QED) is 0.563. The molecule has 2 rings (SSSR count). The molecule has 1 fully saturated rings. The van der Waals surface area contributed by atoms with Crippen LogP contribution in [0.1, 0.15) is 0 Å². The average molecular weight is 238 g/mol. The Morgan fingerprint density at radius 3 is 2.47 bits per heavy atom. The van der Waals surface area contributed by atoms with Crippen molar-refractivity contribution in [3.8, 4) is 6.01 Å². The lowest BCUT2D eigenvalue weighted by atomic mass is 10.3. The van der Waals surface area contributed by atoms with E-state index in [9.17, 15) is 9.59 Å². The number of amides is 2. The second kappa shape index (κ2) is 4.20. The zero-order chi connectivity index (χ0) is 12.4. The number of carbonyl (C=O) groups is 2. The van der Waals surface area contributed by atoms with E-state index in [2.05, 4.69) is 20.3 Å². The minimum atomic E-state index is -0.417. The Bertz CT molecular complexity index is 460. The lowest BCUT2D eigenvalue weighted by molar-refractivity contribution is -0.130. The van der Waals surface area contributed by atoms with Gasteiger partial charge < -0.3 is 15.4 Å². The number of hydrogen-bond acceptors (Lipinski definition) is 8. The maximum atomic E-state index is 11.2. The molecule has 1 aliphatic heterocycles. The summed E-state index contributed by atoms with van der Waals surface area (Å²) in [4.78, 5) is 35.2. The van der Waals surface area contributed by atoms with Crippen LogP contribution in [0.5, 0.6) is 6.01 Å². The van der Waals surface area contributed by atoms with Crippen molar-refractivity contribution < 1.29 is 14.3 Å². The monoisotopic (exact) mass is 238 g/mol. The number of aromatic nitrogens is 3. The predicted octanol–water partition coefficient (Wildman–Crippen LogP) is -2.07. The summed E-state index contributed by atoms with van der Waals surface area (Å²) in [7, 11) is 1.38. The van der Waals surface area contributed by atoms with Gasteiger partial charge in [-0.2, -0.15) is 15.0 Å². The molecule has 90 valence electrons. The SMILES string of the molecule is COc1nc(N)nc(N2CC(=O)NC(=O)C2)n1. The summed E-state index contributed by atoms with van der Waals surface area (Å²) in [6.45, 7) is -0.0311. The van der Waals surface area contributed by atoms with E-state index in [0.29, 0.717) is 0 Å². The van der Waals surface area contributed by atoms with E-state index in [1.165, 1.54) is 12.0 Å². The number of nitrogens with zero attached hydrogens (tertiary/aromatic N) is 4. The van der Waals surface area contributed by atoms with Gasteiger partial charge in [-0.3, -0.25) is 14.9 Å². The molecule has 0 radical (unpaired) electrons. The molecule has 2 amide bonds. The van der Waals surface area contributed by atoms with Crippen LogP contribution in [0.25, 0.3) is 0 Å². The number of rotatable bonds is 2. The van der Waals surface area contributed by atoms with Crippen LogP contribution in [-0.4, -0.2) is 47.0 Å². The highest BCUT2D eigenvalue weighted by molar-refractivity contribution is 6.02. The number of piperazine rings is 1. The van der Waals surface area contributed by atoms with Crippen molar-refractivity contribution in [2.24, 2.45) is 0 Å². The van der Waals surface area contributed by atoms with Crippen molar-refractivity contribution in [2.45, 2.75) is 0 Å². The lowest BCUT2D eigenvalue weighted by Crippen LogP contribution is -2.52. The van der Waals surface area contributed by atoms with Crippen LogP contribution in [0.3, 0.4) is 0 Å². The minimum Gasteiger partial charge on any atom is -0.467 e. The topological polar surface area (TPSA) is 123 Å². The van der Waals surface area contributed by atoms with E-state index in [1.807, 2.05) is 0 Å². The molecule has 17 heavy (non-hydrogen) atoms. The molecule has 0 bridgehead atoms. The van der Waals surface area contributed by atoms with Gasteiger partial charge in [-0.1, -0.05) is 0 Å². The van der Waals surface area contributed by atoms with Crippen LogP contribution in [0.4, 0.5) is 11.9 Å². The number of ether oxygens (including phenoxy) is 1. The molecule has 1 aliphatic rings. The molecule has 2 heterocycles. The zero-order valence-electron chi connectivity index (χ0n) is 9.01. The van der Waals surface area contributed by atoms with Gasteiger partial charge in [-0.25, -0.2) is 0 Å². The fourth-order valence-electron chi connectivity index (χ4n) is 1.37. The van der Waals surface area contributed by atoms with Crippen LogP contribution in [0, 0.1) is 0 Å². The van der Waals surface area contributed by atoms with E-state index in [-0.39, 0.29) is 31.0 Å². The van der Waals surface area contributed by atoms with Gasteiger partial charge in [-0.15, -0.1) is 0 Å². The highest BCUT2D eigenvalue weighted by Crippen LogP contribution is 2.13. The van der Waals surface area contributed by atoms with Gasteiger partial charge in [0, 0.05) is 0 Å². The molecule has 0 atom stereocenters. The fourth-order valence-corrected chi connectivity index (χ4v) is 1.37. The molecular weight excluding hydrogens is 228 g/mol. The van der Waals surface area contributed by atoms with Crippen molar-refractivity contribution in [3.05, 3.63) is 0 Å². The third-order valence-corrected chi connectivity index (χ3v) is 2.03. The molecule has 9 nitrogen and oxygen atoms in total. The Labute approximate surface area is 96.0 Å². The molecule has 1 aromatic rings. The van der Waals surface area contributed by atoms with Crippen LogP contribution >= 0.6 is 0 Å². The normalized spacial score (nSPS) is 15.7. The number of methoxy groups -OCH3 is 1. The summed E-state index contributed by atoms with van der Waals surface area (Å²) in [5, 5.41) is 2.17. The molecular formula is C8H10N6O3. The summed E-state index contributed by atoms with van der Waals surface area (Å²) in [5.41, 5.74) is 5.46. The predicted molar refractivity (Wildman–Crippen MR) is 56.2 cm³/mol. The average Bonchev–Trinajstić information content (AvgIpc) is 2.26. The first kappa shape index (κ1) is 11.0. The van der Waals surface area contributed by atoms with E-state index >= 15 is 0 Å². The molecule has 0 aliphatic carbocycles. The minimum absolute atomic E-state index is 0.0155. The van der Waals surface area contributed by atoms with Gasteiger partial charge in [0.25, 0.3) is 0 Å². The van der Waals surface area contributed by atoms with E-state index in [1.54, 1.807) is 0 Å². The number of imide groups is 1. The Balaban J connectivity index is 2.29. The Morgan fingerprint density at radius 1 is 1.24 bits per heavy atom. The van der Waals surface area contributed by atoms with Gasteiger partial charge in [0.15, 0.2) is 0 Å². The van der Waals surface area contributed by atoms with E-state index in [0.717, 1.165) is 0 Å². The maximum absolute atomic E-state index is 11.2. The Kier molecular flexibility index (Phi) is 2.73. The summed E-state index contributed by atoms with van der Waals surface area (Å²) in [6, 6.07) is 0.0333. The van der Waals surface area contributed by atoms with Crippen molar-refractivity contribution in [1.82, 2.24) is 20.3 Å². The van der Waals surface area contributed by atoms with E-state index < -0.39 is 11.8 Å². The third kappa shape index (κ3) is 2.38. The second-order valence-electron chi connectivity index (χ2n) is 3.31. The maximum Gasteiger partial charge on any atom is 0.322 e. The van der Waals surface area contributed by atoms with Crippen LogP contribution < -0.4 is 20.7 Å². The fraction of sp³-hybridized carbons (Fsp3) is 0.375. The molecule has 0 aromatic carbocycles. The zero-order valence-corrected chi connectivity index (χ0v) is 9.01. The van der Waals surface area contributed by atoms with Gasteiger partial charge in [0.05, 0.1) is 7.11 Å². The van der Waals surface area contributed by atoms with Crippen molar-refractivity contribution in [1.29, 1.82) is 0 Å². The van der Waals surface area contributed by atoms with Gasteiger partial charge in [-0.05, 0) is 0 Å². The molecule has 9 heteroatoms. The summed E-state index contributed by atoms with van der Waals surface area (Å²) in [5.74, 6) is -0.735. The van der Waals surface area contributed by atoms with Crippen molar-refractivity contribution in [2.75, 3.05) is 30.8 Å². The smallest absolute Gasteiger partial charge is 0.322 e. The molecule has 3 N–H and O–H groups in total. The lowest BCUT2D eigenvalue weighted by Gasteiger charge is -2.25. The number of hydrogen-bond donors (Lipinski definition) is 2. The standard InChI is InChI=1S/C8H10N6O3/c1-17-8-12-6(9)11-7(13-8)14-2-4(15)10-5(16)3-14/h2-3H2,1H3,(H,10,15,16)(H2,9,11,12,13). The van der Waals surface area contributed by atoms with Gasteiger partial charge >= 0.3 is 6.01 Å². The first-order valence-corrected chi connectivity index (χ1v) is 4.71. The highest BCUT2D eigenvalue weighted by atomic mass is 16.5. The number of nitrogen functional groups attached to an aromatic ring is 1. The second-order valence-corrected chi connectivity index (χ2v) is 3.31. The van der Waals surface area contributed by atoms with E-state index in [4.69, 9.17) is 10.5 Å². The van der Waals surface area contributed by atoms with Crippen molar-refractivity contribution in [3.63, 3.8) is 0 Å². The molecule has 0 unspecified atom stereocenters. The molecule has 1 aromatic heterocycles. The van der Waals surface area contributed by atoms with Crippen LogP contribution in [0.2, 0.25) is 0 Å². The number of nitrogens with one attached hydrogen (secondary N) is 1. The highest BCUT2D eigenvalue weighted by Gasteiger charge is 2.25. The molecule has 0 spiro atoms. The number of carbonyl (C=O) groups excluding carboxylic acids is 2. The molecule has 1 saturated heterocycles. The third-order valence-electron chi connectivity index (χ3n) is 2.03. The number of anilines is 2. The summed E-state index contributed by atoms with van der Waals surface area (Å²) in [6.07, 6.45) is 0. The first-order valence-electron chi connectivity index (χ1n) is 4.71. The first-order chi connectivity index (χ1) is 8.08.